The summed E-state index contributed by atoms with van der Waals surface area (Å²) in [5, 5.41) is 5.35. The second kappa shape index (κ2) is 7.85. The summed E-state index contributed by atoms with van der Waals surface area (Å²) in [7, 11) is 0. The van der Waals surface area contributed by atoms with E-state index in [1.54, 1.807) is 4.90 Å². The van der Waals surface area contributed by atoms with Crippen LogP contribution < -0.4 is 5.32 Å². The van der Waals surface area contributed by atoms with E-state index in [0.29, 0.717) is 19.6 Å². The van der Waals surface area contributed by atoms with E-state index in [4.69, 9.17) is 0 Å². The van der Waals surface area contributed by atoms with Gasteiger partial charge < -0.3 is 10.2 Å². The Bertz CT molecular complexity index is 1010. The first kappa shape index (κ1) is 18.2. The number of nitrogens with zero attached hydrogens (tertiary/aromatic N) is 1. The Kier molecular flexibility index (Phi) is 5.11. The molecule has 4 nitrogen and oxygen atoms in total. The second-order valence-corrected chi connectivity index (χ2v) is 7.56. The van der Waals surface area contributed by atoms with E-state index in [1.165, 1.54) is 10.9 Å². The Morgan fingerprint density at radius 1 is 1.00 bits per heavy atom. The minimum atomic E-state index is -0.279. The number of amides is 2. The Labute approximate surface area is 165 Å². The van der Waals surface area contributed by atoms with Gasteiger partial charge in [-0.2, -0.15) is 0 Å². The summed E-state index contributed by atoms with van der Waals surface area (Å²) in [6.07, 6.45) is 0.287. The van der Waals surface area contributed by atoms with Crippen molar-refractivity contribution in [2.24, 2.45) is 5.92 Å². The van der Waals surface area contributed by atoms with Gasteiger partial charge in [0.05, 0.1) is 5.92 Å². The van der Waals surface area contributed by atoms with Gasteiger partial charge in [-0.25, -0.2) is 0 Å². The summed E-state index contributed by atoms with van der Waals surface area (Å²) < 4.78 is 0. The van der Waals surface area contributed by atoms with Crippen molar-refractivity contribution in [3.8, 4) is 0 Å². The lowest BCUT2D eigenvalue weighted by atomic mass is 10.1. The van der Waals surface area contributed by atoms with E-state index in [0.717, 1.165) is 16.5 Å². The molecule has 1 fully saturated rings. The highest BCUT2D eigenvalue weighted by atomic mass is 16.2. The summed E-state index contributed by atoms with van der Waals surface area (Å²) in [6, 6.07) is 22.5. The molecule has 0 radical (unpaired) electrons. The minimum absolute atomic E-state index is 0.0476. The fraction of sp³-hybridized carbons (Fsp3) is 0.250. The molecule has 4 rings (SSSR count). The molecule has 0 saturated carbocycles. The zero-order valence-corrected chi connectivity index (χ0v) is 16.0. The van der Waals surface area contributed by atoms with Gasteiger partial charge in [0, 0.05) is 26.1 Å². The molecular formula is C24H24N2O2. The molecule has 1 heterocycles. The number of carbonyl (C=O) groups is 2. The van der Waals surface area contributed by atoms with E-state index in [1.807, 2.05) is 49.4 Å². The maximum absolute atomic E-state index is 12.6. The molecule has 1 aliphatic heterocycles. The third-order valence-corrected chi connectivity index (χ3v) is 5.36. The molecule has 1 aliphatic rings. The normalized spacial score (nSPS) is 16.5. The average molecular weight is 372 g/mol. The molecule has 0 spiro atoms. The van der Waals surface area contributed by atoms with Gasteiger partial charge in [0.1, 0.15) is 0 Å². The summed E-state index contributed by atoms with van der Waals surface area (Å²) in [5.41, 5.74) is 3.35. The highest BCUT2D eigenvalue weighted by Crippen LogP contribution is 2.21. The molecule has 1 unspecified atom stereocenters. The molecule has 3 aromatic rings. The fourth-order valence-electron chi connectivity index (χ4n) is 3.70. The van der Waals surface area contributed by atoms with Gasteiger partial charge in [0.25, 0.3) is 0 Å². The summed E-state index contributed by atoms with van der Waals surface area (Å²) in [6.45, 7) is 3.57. The van der Waals surface area contributed by atoms with E-state index < -0.39 is 0 Å². The van der Waals surface area contributed by atoms with E-state index in [9.17, 15) is 9.59 Å². The van der Waals surface area contributed by atoms with Gasteiger partial charge in [-0.3, -0.25) is 9.59 Å². The minimum Gasteiger partial charge on any atom is -0.352 e. The first-order valence-corrected chi connectivity index (χ1v) is 9.67. The van der Waals surface area contributed by atoms with Crippen molar-refractivity contribution in [1.29, 1.82) is 0 Å². The van der Waals surface area contributed by atoms with Crippen LogP contribution in [0.2, 0.25) is 0 Å². The van der Waals surface area contributed by atoms with Crippen LogP contribution in [0.5, 0.6) is 0 Å². The van der Waals surface area contributed by atoms with Crippen LogP contribution in [0.4, 0.5) is 0 Å². The van der Waals surface area contributed by atoms with E-state index in [-0.39, 0.29) is 24.2 Å². The lowest BCUT2D eigenvalue weighted by Crippen LogP contribution is -2.32. The van der Waals surface area contributed by atoms with Crippen LogP contribution in [-0.2, 0) is 22.7 Å². The highest BCUT2D eigenvalue weighted by Gasteiger charge is 2.34. The van der Waals surface area contributed by atoms with Gasteiger partial charge >= 0.3 is 0 Å². The number of likely N-dealkylation sites (tertiary alicyclic amines) is 1. The topological polar surface area (TPSA) is 49.4 Å². The van der Waals surface area contributed by atoms with Crippen LogP contribution in [0.1, 0.15) is 23.1 Å². The SMILES string of the molecule is Cc1ccc(CN2CC(C(=O)NCc3ccc4ccccc4c3)CC2=O)cc1. The Hall–Kier alpha value is -3.14. The second-order valence-electron chi connectivity index (χ2n) is 7.56. The quantitative estimate of drug-likeness (QED) is 0.740. The largest absolute Gasteiger partial charge is 0.352 e. The van der Waals surface area contributed by atoms with Crippen molar-refractivity contribution in [2.75, 3.05) is 6.54 Å². The summed E-state index contributed by atoms with van der Waals surface area (Å²) in [5.74, 6) is -0.280. The summed E-state index contributed by atoms with van der Waals surface area (Å²) in [4.78, 5) is 26.7. The number of nitrogens with one attached hydrogen (secondary N) is 1. The molecule has 4 heteroatoms. The van der Waals surface area contributed by atoms with Crippen molar-refractivity contribution in [3.05, 3.63) is 83.4 Å². The molecular weight excluding hydrogens is 348 g/mol. The predicted molar refractivity (Wildman–Crippen MR) is 110 cm³/mol. The molecule has 0 bridgehead atoms. The number of carbonyl (C=O) groups excluding carboxylic acids is 2. The van der Waals surface area contributed by atoms with Gasteiger partial charge in [-0.1, -0.05) is 66.2 Å². The average Bonchev–Trinajstić information content (AvgIpc) is 3.08. The number of benzene rings is 3. The highest BCUT2D eigenvalue weighted by molar-refractivity contribution is 5.89. The maximum Gasteiger partial charge on any atom is 0.225 e. The van der Waals surface area contributed by atoms with Crippen LogP contribution in [0.3, 0.4) is 0 Å². The van der Waals surface area contributed by atoms with Crippen molar-refractivity contribution in [1.82, 2.24) is 10.2 Å². The van der Waals surface area contributed by atoms with Crippen LogP contribution in [0.15, 0.2) is 66.7 Å². The fourth-order valence-corrected chi connectivity index (χ4v) is 3.70. The molecule has 142 valence electrons. The third kappa shape index (κ3) is 4.06. The lowest BCUT2D eigenvalue weighted by Gasteiger charge is -2.17. The van der Waals surface area contributed by atoms with Crippen LogP contribution in [0, 0.1) is 12.8 Å². The number of rotatable bonds is 5. The maximum atomic E-state index is 12.6. The van der Waals surface area contributed by atoms with E-state index in [2.05, 4.69) is 29.6 Å². The lowest BCUT2D eigenvalue weighted by molar-refractivity contribution is -0.129. The molecule has 0 aromatic heterocycles. The molecule has 1 atom stereocenters. The summed E-state index contributed by atoms with van der Waals surface area (Å²) >= 11 is 0. The molecule has 0 aliphatic carbocycles. The molecule has 1 N–H and O–H groups in total. The smallest absolute Gasteiger partial charge is 0.225 e. The first-order chi connectivity index (χ1) is 13.6. The van der Waals surface area contributed by atoms with Crippen molar-refractivity contribution in [2.45, 2.75) is 26.4 Å². The van der Waals surface area contributed by atoms with Crippen molar-refractivity contribution >= 4 is 22.6 Å². The zero-order valence-electron chi connectivity index (χ0n) is 16.0. The number of aryl methyl sites for hydroxylation is 1. The number of fused-ring (bicyclic) bond motifs is 1. The number of hydrogen-bond donors (Lipinski definition) is 1. The molecule has 28 heavy (non-hydrogen) atoms. The van der Waals surface area contributed by atoms with Crippen molar-refractivity contribution in [3.63, 3.8) is 0 Å². The van der Waals surface area contributed by atoms with Crippen LogP contribution in [-0.4, -0.2) is 23.3 Å². The number of hydrogen-bond acceptors (Lipinski definition) is 2. The zero-order chi connectivity index (χ0) is 19.5. The van der Waals surface area contributed by atoms with Crippen LogP contribution in [0.25, 0.3) is 10.8 Å². The van der Waals surface area contributed by atoms with Gasteiger partial charge in [-0.05, 0) is 34.9 Å². The first-order valence-electron chi connectivity index (χ1n) is 9.67. The Balaban J connectivity index is 1.34. The Morgan fingerprint density at radius 2 is 1.71 bits per heavy atom. The van der Waals surface area contributed by atoms with Crippen molar-refractivity contribution < 1.29 is 9.59 Å². The predicted octanol–water partition coefficient (Wildman–Crippen LogP) is 3.81. The molecule has 1 saturated heterocycles. The van der Waals surface area contributed by atoms with Crippen LogP contribution >= 0.6 is 0 Å². The van der Waals surface area contributed by atoms with Gasteiger partial charge in [0.15, 0.2) is 0 Å². The van der Waals surface area contributed by atoms with Gasteiger partial charge in [-0.15, -0.1) is 0 Å². The van der Waals surface area contributed by atoms with E-state index >= 15 is 0 Å². The molecule has 2 amide bonds. The Morgan fingerprint density at radius 3 is 2.50 bits per heavy atom. The molecule has 3 aromatic carbocycles. The van der Waals surface area contributed by atoms with Gasteiger partial charge in [0.2, 0.25) is 11.8 Å². The standard InChI is InChI=1S/C24H24N2O2/c1-17-6-8-18(9-7-17)15-26-16-22(13-23(26)27)24(28)25-14-19-10-11-20-4-2-3-5-21(20)12-19/h2-12,22H,13-16H2,1H3,(H,25,28). The third-order valence-electron chi connectivity index (χ3n) is 5.36. The monoisotopic (exact) mass is 372 g/mol.